The summed E-state index contributed by atoms with van der Waals surface area (Å²) in [6.45, 7) is 5.93. The summed E-state index contributed by atoms with van der Waals surface area (Å²) in [5.41, 5.74) is 1.17. The molecule has 22 heavy (non-hydrogen) atoms. The van der Waals surface area contributed by atoms with Gasteiger partial charge in [-0.25, -0.2) is 0 Å². The molecule has 0 radical (unpaired) electrons. The van der Waals surface area contributed by atoms with E-state index in [1.54, 1.807) is 18.2 Å². The van der Waals surface area contributed by atoms with Crippen LogP contribution in [0, 0.1) is 0 Å². The standard InChI is InChI=1S/C17H16F3NO/c1-16(2,3)14-5-11(10-22)4-12(6-14)13-7-15(9-21-8-13)17(18,19)20/h4-10H,1-3H3. The van der Waals surface area contributed by atoms with Crippen molar-refractivity contribution in [2.75, 3.05) is 0 Å². The van der Waals surface area contributed by atoms with E-state index in [1.165, 1.54) is 6.20 Å². The van der Waals surface area contributed by atoms with Crippen molar-refractivity contribution >= 4 is 6.29 Å². The SMILES string of the molecule is CC(C)(C)c1cc(C=O)cc(-c2cncc(C(F)(F)F)c2)c1. The maximum absolute atomic E-state index is 12.8. The summed E-state index contributed by atoms with van der Waals surface area (Å²) < 4.78 is 38.4. The predicted octanol–water partition coefficient (Wildman–Crippen LogP) is 4.88. The summed E-state index contributed by atoms with van der Waals surface area (Å²) in [6.07, 6.45) is -1.60. The minimum absolute atomic E-state index is 0.219. The van der Waals surface area contributed by atoms with Crippen LogP contribution in [-0.4, -0.2) is 11.3 Å². The number of aromatic nitrogens is 1. The Bertz CT molecular complexity index is 700. The number of carbonyl (C=O) groups is 1. The van der Waals surface area contributed by atoms with Crippen LogP contribution in [0.25, 0.3) is 11.1 Å². The Morgan fingerprint density at radius 2 is 1.55 bits per heavy atom. The average molecular weight is 307 g/mol. The second-order valence-electron chi connectivity index (χ2n) is 6.17. The van der Waals surface area contributed by atoms with Crippen LogP contribution in [0.4, 0.5) is 13.2 Å². The molecule has 2 rings (SSSR count). The minimum Gasteiger partial charge on any atom is -0.298 e. The largest absolute Gasteiger partial charge is 0.417 e. The maximum Gasteiger partial charge on any atom is 0.417 e. The zero-order valence-corrected chi connectivity index (χ0v) is 12.5. The van der Waals surface area contributed by atoms with Crippen LogP contribution >= 0.6 is 0 Å². The topological polar surface area (TPSA) is 30.0 Å². The molecular weight excluding hydrogens is 291 g/mol. The normalized spacial score (nSPS) is 12.3. The Balaban J connectivity index is 2.60. The number of rotatable bonds is 2. The first-order valence-corrected chi connectivity index (χ1v) is 6.74. The molecule has 1 heterocycles. The van der Waals surface area contributed by atoms with Gasteiger partial charge in [-0.2, -0.15) is 13.2 Å². The molecule has 2 nitrogen and oxygen atoms in total. The number of aldehydes is 1. The van der Waals surface area contributed by atoms with E-state index in [9.17, 15) is 18.0 Å². The molecule has 0 N–H and O–H groups in total. The third-order valence-corrected chi connectivity index (χ3v) is 3.36. The molecule has 0 saturated heterocycles. The maximum atomic E-state index is 12.8. The second-order valence-corrected chi connectivity index (χ2v) is 6.17. The molecule has 0 aliphatic heterocycles. The summed E-state index contributed by atoms with van der Waals surface area (Å²) in [7, 11) is 0. The molecule has 0 aliphatic carbocycles. The van der Waals surface area contributed by atoms with E-state index < -0.39 is 11.7 Å². The lowest BCUT2D eigenvalue weighted by molar-refractivity contribution is -0.137. The molecule has 0 spiro atoms. The van der Waals surface area contributed by atoms with Gasteiger partial charge in [-0.3, -0.25) is 9.78 Å². The van der Waals surface area contributed by atoms with Crippen molar-refractivity contribution in [2.24, 2.45) is 0 Å². The van der Waals surface area contributed by atoms with Gasteiger partial charge in [0.05, 0.1) is 5.56 Å². The van der Waals surface area contributed by atoms with Crippen LogP contribution in [0.3, 0.4) is 0 Å². The van der Waals surface area contributed by atoms with Crippen molar-refractivity contribution in [1.29, 1.82) is 0 Å². The molecule has 2 aromatic rings. The molecule has 0 bridgehead atoms. The molecule has 1 aromatic heterocycles. The number of pyridine rings is 1. The number of hydrogen-bond acceptors (Lipinski definition) is 2. The average Bonchev–Trinajstić information content (AvgIpc) is 2.45. The Morgan fingerprint density at radius 1 is 0.909 bits per heavy atom. The van der Waals surface area contributed by atoms with Gasteiger partial charge >= 0.3 is 6.18 Å². The van der Waals surface area contributed by atoms with Crippen LogP contribution in [0.5, 0.6) is 0 Å². The zero-order valence-electron chi connectivity index (χ0n) is 12.5. The molecular formula is C17H16F3NO. The van der Waals surface area contributed by atoms with Gasteiger partial charge in [0.2, 0.25) is 0 Å². The number of halogens is 3. The molecule has 116 valence electrons. The number of hydrogen-bond donors (Lipinski definition) is 0. The van der Waals surface area contributed by atoms with Crippen LogP contribution in [0.1, 0.15) is 42.3 Å². The van der Waals surface area contributed by atoms with E-state index in [4.69, 9.17) is 0 Å². The highest BCUT2D eigenvalue weighted by atomic mass is 19.4. The third-order valence-electron chi connectivity index (χ3n) is 3.36. The van der Waals surface area contributed by atoms with Crippen LogP contribution in [0.15, 0.2) is 36.7 Å². The van der Waals surface area contributed by atoms with Gasteiger partial charge < -0.3 is 0 Å². The summed E-state index contributed by atoms with van der Waals surface area (Å²) in [5, 5.41) is 0. The highest BCUT2D eigenvalue weighted by Crippen LogP contribution is 2.33. The predicted molar refractivity (Wildman–Crippen MR) is 78.8 cm³/mol. The first-order chi connectivity index (χ1) is 10.1. The van der Waals surface area contributed by atoms with E-state index in [2.05, 4.69) is 4.98 Å². The molecule has 0 atom stereocenters. The van der Waals surface area contributed by atoms with Gasteiger partial charge in [-0.05, 0) is 34.7 Å². The monoisotopic (exact) mass is 307 g/mol. The zero-order chi connectivity index (χ0) is 16.5. The van der Waals surface area contributed by atoms with Gasteiger partial charge in [0.15, 0.2) is 0 Å². The first-order valence-electron chi connectivity index (χ1n) is 6.74. The van der Waals surface area contributed by atoms with Gasteiger partial charge in [0, 0.05) is 23.5 Å². The number of carbonyl (C=O) groups excluding carboxylic acids is 1. The molecule has 0 amide bonds. The van der Waals surface area contributed by atoms with Crippen LogP contribution in [-0.2, 0) is 11.6 Å². The molecule has 0 saturated carbocycles. The van der Waals surface area contributed by atoms with Gasteiger partial charge in [-0.15, -0.1) is 0 Å². The van der Waals surface area contributed by atoms with Crippen molar-refractivity contribution in [3.05, 3.63) is 53.3 Å². The van der Waals surface area contributed by atoms with Crippen molar-refractivity contribution < 1.29 is 18.0 Å². The molecule has 5 heteroatoms. The van der Waals surface area contributed by atoms with Crippen molar-refractivity contribution in [1.82, 2.24) is 4.98 Å². The Morgan fingerprint density at radius 3 is 2.09 bits per heavy atom. The van der Waals surface area contributed by atoms with Crippen molar-refractivity contribution in [3.63, 3.8) is 0 Å². The van der Waals surface area contributed by atoms with Crippen LogP contribution in [0.2, 0.25) is 0 Å². The lowest BCUT2D eigenvalue weighted by Gasteiger charge is -2.20. The molecule has 0 aliphatic rings. The van der Waals surface area contributed by atoms with Gasteiger partial charge in [-0.1, -0.05) is 26.8 Å². The summed E-state index contributed by atoms with van der Waals surface area (Å²) in [6, 6.07) is 6.16. The number of benzene rings is 1. The summed E-state index contributed by atoms with van der Waals surface area (Å²) in [4.78, 5) is 14.8. The lowest BCUT2D eigenvalue weighted by Crippen LogP contribution is -2.12. The molecule has 1 aromatic carbocycles. The first kappa shape index (κ1) is 16.2. The smallest absolute Gasteiger partial charge is 0.298 e. The van der Waals surface area contributed by atoms with E-state index >= 15 is 0 Å². The molecule has 0 fully saturated rings. The Hall–Kier alpha value is -2.17. The lowest BCUT2D eigenvalue weighted by atomic mass is 9.84. The minimum atomic E-state index is -4.45. The van der Waals surface area contributed by atoms with Crippen molar-refractivity contribution in [2.45, 2.75) is 32.4 Å². The van der Waals surface area contributed by atoms with Gasteiger partial charge in [0.25, 0.3) is 0 Å². The van der Waals surface area contributed by atoms with E-state index in [0.717, 1.165) is 17.8 Å². The fourth-order valence-corrected chi connectivity index (χ4v) is 2.07. The fourth-order valence-electron chi connectivity index (χ4n) is 2.07. The van der Waals surface area contributed by atoms with Gasteiger partial charge in [0.1, 0.15) is 6.29 Å². The number of nitrogens with zero attached hydrogens (tertiary/aromatic N) is 1. The van der Waals surface area contributed by atoms with Crippen molar-refractivity contribution in [3.8, 4) is 11.1 Å². The second kappa shape index (κ2) is 5.55. The highest BCUT2D eigenvalue weighted by molar-refractivity contribution is 5.80. The summed E-state index contributed by atoms with van der Waals surface area (Å²) in [5.74, 6) is 0. The Labute approximate surface area is 127 Å². The quantitative estimate of drug-likeness (QED) is 0.740. The Kier molecular flexibility index (Phi) is 4.09. The van der Waals surface area contributed by atoms with E-state index in [1.807, 2.05) is 20.8 Å². The molecule has 0 unspecified atom stereocenters. The van der Waals surface area contributed by atoms with E-state index in [0.29, 0.717) is 23.0 Å². The number of alkyl halides is 3. The fraction of sp³-hybridized carbons (Fsp3) is 0.294. The van der Waals surface area contributed by atoms with E-state index in [-0.39, 0.29) is 5.41 Å². The van der Waals surface area contributed by atoms with Crippen LogP contribution < -0.4 is 0 Å². The highest BCUT2D eigenvalue weighted by Gasteiger charge is 2.31. The third kappa shape index (κ3) is 3.53. The summed E-state index contributed by atoms with van der Waals surface area (Å²) >= 11 is 0.